The molecule has 0 heterocycles. The quantitative estimate of drug-likeness (QED) is 0.598. The molecule has 0 saturated carbocycles. The first-order valence-corrected chi connectivity index (χ1v) is 5.95. The molecule has 0 aliphatic carbocycles. The van der Waals surface area contributed by atoms with Crippen LogP contribution in [0.3, 0.4) is 0 Å². The van der Waals surface area contributed by atoms with Crippen LogP contribution in [0.5, 0.6) is 0 Å². The minimum Gasteiger partial charge on any atom is -0.399 e. The Hall–Kier alpha value is -1.30. The molecule has 2 atom stereocenters. The van der Waals surface area contributed by atoms with E-state index in [1.165, 1.54) is 13.0 Å². The van der Waals surface area contributed by atoms with Gasteiger partial charge in [0.05, 0.1) is 6.10 Å². The molecule has 0 aromatic heterocycles. The van der Waals surface area contributed by atoms with Crippen molar-refractivity contribution in [2.45, 2.75) is 25.6 Å². The van der Waals surface area contributed by atoms with Gasteiger partial charge >= 0.3 is 0 Å². The van der Waals surface area contributed by atoms with Crippen LogP contribution in [0.1, 0.15) is 25.0 Å². The summed E-state index contributed by atoms with van der Waals surface area (Å²) in [6.45, 7) is 1.67. The highest BCUT2D eigenvalue weighted by Gasteiger charge is 2.20. The first-order chi connectivity index (χ1) is 8.41. The van der Waals surface area contributed by atoms with Crippen LogP contribution in [0.2, 0.25) is 5.02 Å². The minimum absolute atomic E-state index is 0.182. The van der Waals surface area contributed by atoms with Crippen LogP contribution in [-0.4, -0.2) is 28.8 Å². The fourth-order valence-electron chi connectivity index (χ4n) is 1.55. The number of hydrogen-bond donors (Lipinski definition) is 4. The van der Waals surface area contributed by atoms with E-state index in [-0.39, 0.29) is 18.9 Å². The number of nitrogen functional groups attached to an aromatic ring is 1. The highest BCUT2D eigenvalue weighted by Crippen LogP contribution is 2.28. The first kappa shape index (κ1) is 14.8. The van der Waals surface area contributed by atoms with Gasteiger partial charge in [0.25, 0.3) is 0 Å². The van der Waals surface area contributed by atoms with Crippen LogP contribution in [0, 0.1) is 0 Å². The minimum atomic E-state index is -1.13. The second kappa shape index (κ2) is 6.58. The predicted molar refractivity (Wildman–Crippen MR) is 70.1 cm³/mol. The zero-order chi connectivity index (χ0) is 13.7. The first-order valence-electron chi connectivity index (χ1n) is 5.57. The van der Waals surface area contributed by atoms with Gasteiger partial charge in [0.1, 0.15) is 6.10 Å². The molecule has 1 aromatic rings. The molecular formula is C12H17ClN2O3. The zero-order valence-electron chi connectivity index (χ0n) is 10.1. The van der Waals surface area contributed by atoms with E-state index in [2.05, 4.69) is 5.32 Å². The van der Waals surface area contributed by atoms with Crippen LogP contribution < -0.4 is 11.1 Å². The number of halogens is 1. The van der Waals surface area contributed by atoms with Gasteiger partial charge in [-0.1, -0.05) is 11.6 Å². The van der Waals surface area contributed by atoms with Crippen LogP contribution >= 0.6 is 11.6 Å². The molecule has 1 aromatic carbocycles. The molecule has 0 bridgehead atoms. The maximum Gasteiger partial charge on any atom is 0.216 e. The van der Waals surface area contributed by atoms with Crippen LogP contribution in [-0.2, 0) is 4.79 Å². The number of nitrogens with two attached hydrogens (primary N) is 1. The van der Waals surface area contributed by atoms with Gasteiger partial charge in [-0.2, -0.15) is 0 Å². The van der Waals surface area contributed by atoms with Gasteiger partial charge in [-0.3, -0.25) is 4.79 Å². The largest absolute Gasteiger partial charge is 0.399 e. The van der Waals surface area contributed by atoms with E-state index in [1.807, 2.05) is 0 Å². The second-order valence-electron chi connectivity index (χ2n) is 4.06. The Morgan fingerprint density at radius 2 is 2.17 bits per heavy atom. The van der Waals surface area contributed by atoms with Gasteiger partial charge in [0.15, 0.2) is 0 Å². The fraction of sp³-hybridized carbons (Fsp3) is 0.417. The molecule has 6 heteroatoms. The highest BCUT2D eigenvalue weighted by molar-refractivity contribution is 6.31. The molecule has 5 N–H and O–H groups in total. The van der Waals surface area contributed by atoms with Crippen LogP contribution in [0.15, 0.2) is 18.2 Å². The number of aliphatic hydroxyl groups is 2. The molecule has 18 heavy (non-hydrogen) atoms. The molecule has 0 aliphatic heterocycles. The number of rotatable bonds is 5. The topological polar surface area (TPSA) is 95.6 Å². The van der Waals surface area contributed by atoms with Gasteiger partial charge in [0, 0.05) is 29.7 Å². The van der Waals surface area contributed by atoms with Crippen LogP contribution in [0.4, 0.5) is 5.69 Å². The fourth-order valence-corrected chi connectivity index (χ4v) is 1.78. The molecule has 2 unspecified atom stereocenters. The van der Waals surface area contributed by atoms with E-state index in [4.69, 9.17) is 17.3 Å². The lowest BCUT2D eigenvalue weighted by molar-refractivity contribution is -0.119. The average Bonchev–Trinajstić information content (AvgIpc) is 2.30. The summed E-state index contributed by atoms with van der Waals surface area (Å²) in [6.07, 6.45) is -1.92. The maximum absolute atomic E-state index is 10.7. The summed E-state index contributed by atoms with van der Waals surface area (Å²) >= 11 is 5.92. The van der Waals surface area contributed by atoms with Crippen molar-refractivity contribution in [3.05, 3.63) is 28.8 Å². The van der Waals surface area contributed by atoms with Crippen molar-refractivity contribution in [2.75, 3.05) is 12.3 Å². The van der Waals surface area contributed by atoms with Gasteiger partial charge in [0.2, 0.25) is 5.91 Å². The molecule has 0 saturated heterocycles. The standard InChI is InChI=1S/C12H17ClN2O3/c1-7(16)15-5-4-11(17)12(18)9-6-8(14)2-3-10(9)13/h2-3,6,11-12,17-18H,4-5,14H2,1H3,(H,15,16). The van der Waals surface area contributed by atoms with Gasteiger partial charge in [-0.15, -0.1) is 0 Å². The SMILES string of the molecule is CC(=O)NCCC(O)C(O)c1cc(N)ccc1Cl. The molecule has 0 fully saturated rings. The summed E-state index contributed by atoms with van der Waals surface area (Å²) in [5.74, 6) is -0.182. The number of carbonyl (C=O) groups is 1. The molecule has 100 valence electrons. The average molecular weight is 273 g/mol. The molecule has 1 amide bonds. The Morgan fingerprint density at radius 1 is 1.50 bits per heavy atom. The smallest absolute Gasteiger partial charge is 0.216 e. The number of amides is 1. The number of carbonyl (C=O) groups excluding carboxylic acids is 1. The van der Waals surface area contributed by atoms with Gasteiger partial charge in [-0.05, 0) is 24.6 Å². The summed E-state index contributed by atoms with van der Waals surface area (Å²) < 4.78 is 0. The summed E-state index contributed by atoms with van der Waals surface area (Å²) in [5, 5.41) is 22.6. The van der Waals surface area contributed by atoms with Crippen molar-refractivity contribution in [2.24, 2.45) is 0 Å². The Balaban J connectivity index is 2.64. The van der Waals surface area contributed by atoms with E-state index in [0.29, 0.717) is 16.3 Å². The lowest BCUT2D eigenvalue weighted by Crippen LogP contribution is -2.27. The van der Waals surface area contributed by atoms with E-state index < -0.39 is 12.2 Å². The maximum atomic E-state index is 10.7. The van der Waals surface area contributed by atoms with Crippen molar-refractivity contribution < 1.29 is 15.0 Å². The summed E-state index contributed by atoms with van der Waals surface area (Å²) in [4.78, 5) is 10.7. The lowest BCUT2D eigenvalue weighted by atomic mass is 10.0. The van der Waals surface area contributed by atoms with Crippen molar-refractivity contribution in [1.82, 2.24) is 5.32 Å². The molecule has 0 aliphatic rings. The van der Waals surface area contributed by atoms with E-state index in [9.17, 15) is 15.0 Å². The summed E-state index contributed by atoms with van der Waals surface area (Å²) in [5.41, 5.74) is 6.44. The Kier molecular flexibility index (Phi) is 5.40. The summed E-state index contributed by atoms with van der Waals surface area (Å²) in [6, 6.07) is 4.70. The normalized spacial score (nSPS) is 14.0. The third-order valence-electron chi connectivity index (χ3n) is 2.52. The summed E-state index contributed by atoms with van der Waals surface area (Å²) in [7, 11) is 0. The van der Waals surface area contributed by atoms with E-state index in [1.54, 1.807) is 12.1 Å². The Bertz CT molecular complexity index is 426. The monoisotopic (exact) mass is 272 g/mol. The second-order valence-corrected chi connectivity index (χ2v) is 4.47. The number of benzene rings is 1. The third kappa shape index (κ3) is 4.18. The predicted octanol–water partition coefficient (Wildman–Crippen LogP) is 0.843. The van der Waals surface area contributed by atoms with Gasteiger partial charge in [-0.25, -0.2) is 0 Å². The van der Waals surface area contributed by atoms with E-state index in [0.717, 1.165) is 0 Å². The Morgan fingerprint density at radius 3 is 2.78 bits per heavy atom. The van der Waals surface area contributed by atoms with Gasteiger partial charge < -0.3 is 21.3 Å². The van der Waals surface area contributed by atoms with E-state index >= 15 is 0 Å². The Labute approximate surface area is 111 Å². The molecule has 5 nitrogen and oxygen atoms in total. The number of anilines is 1. The molecule has 0 spiro atoms. The number of nitrogens with one attached hydrogen (secondary N) is 1. The van der Waals surface area contributed by atoms with Crippen molar-refractivity contribution in [3.8, 4) is 0 Å². The molecular weight excluding hydrogens is 256 g/mol. The molecule has 0 radical (unpaired) electrons. The highest BCUT2D eigenvalue weighted by atomic mass is 35.5. The lowest BCUT2D eigenvalue weighted by Gasteiger charge is -2.19. The van der Waals surface area contributed by atoms with Crippen molar-refractivity contribution in [3.63, 3.8) is 0 Å². The number of hydrogen-bond acceptors (Lipinski definition) is 4. The third-order valence-corrected chi connectivity index (χ3v) is 2.86. The zero-order valence-corrected chi connectivity index (χ0v) is 10.8. The van der Waals surface area contributed by atoms with Crippen molar-refractivity contribution >= 4 is 23.2 Å². The van der Waals surface area contributed by atoms with Crippen LogP contribution in [0.25, 0.3) is 0 Å². The number of aliphatic hydroxyl groups excluding tert-OH is 2. The van der Waals surface area contributed by atoms with Crippen molar-refractivity contribution in [1.29, 1.82) is 0 Å². The molecule has 1 rings (SSSR count).